The van der Waals surface area contributed by atoms with Crippen molar-refractivity contribution in [3.63, 3.8) is 0 Å². The fraction of sp³-hybridized carbons (Fsp3) is 0.235. The van der Waals surface area contributed by atoms with E-state index in [0.29, 0.717) is 0 Å². The van der Waals surface area contributed by atoms with Gasteiger partial charge in [0.25, 0.3) is 0 Å². The number of pyridine rings is 1. The Bertz CT molecular complexity index is 560. The normalized spacial score (nSPS) is 12.5. The van der Waals surface area contributed by atoms with Gasteiger partial charge in [-0.3, -0.25) is 4.98 Å². The van der Waals surface area contributed by atoms with Crippen molar-refractivity contribution >= 4 is 11.6 Å². The van der Waals surface area contributed by atoms with Crippen molar-refractivity contribution in [2.24, 2.45) is 5.73 Å². The van der Waals surface area contributed by atoms with Crippen LogP contribution in [0.4, 0.5) is 0 Å². The Morgan fingerprint density at radius 3 is 2.16 bits per heavy atom. The molecule has 0 saturated heterocycles. The smallest absolute Gasteiger partial charge is 0.0352 e. The van der Waals surface area contributed by atoms with E-state index >= 15 is 0 Å². The van der Waals surface area contributed by atoms with Crippen molar-refractivity contribution in [3.8, 4) is 0 Å². The number of hydrogen-bond acceptors (Lipinski definition) is 2. The summed E-state index contributed by atoms with van der Waals surface area (Å²) < 4.78 is 0. The molecule has 1 aromatic carbocycles. The summed E-state index contributed by atoms with van der Waals surface area (Å²) in [4.78, 5) is 4.02. The standard InChI is InChI=1S/C17H20N2/c1-13(12-14-8-10-19-11-9-14)15-4-6-16(7-5-15)17(2,3)18/h4-12H,18H2,1-3H3/b13-12+. The van der Waals surface area contributed by atoms with E-state index in [4.69, 9.17) is 5.73 Å². The highest BCUT2D eigenvalue weighted by molar-refractivity contribution is 5.80. The molecule has 0 aliphatic carbocycles. The molecule has 0 unspecified atom stereocenters. The van der Waals surface area contributed by atoms with Crippen molar-refractivity contribution in [1.29, 1.82) is 0 Å². The van der Waals surface area contributed by atoms with Gasteiger partial charge in [-0.15, -0.1) is 0 Å². The maximum Gasteiger partial charge on any atom is 0.0352 e. The maximum atomic E-state index is 6.08. The quantitative estimate of drug-likeness (QED) is 0.901. The van der Waals surface area contributed by atoms with Crippen LogP contribution in [0.15, 0.2) is 48.8 Å². The molecule has 1 aromatic heterocycles. The molecule has 2 rings (SSSR count). The van der Waals surface area contributed by atoms with Crippen molar-refractivity contribution < 1.29 is 0 Å². The molecular weight excluding hydrogens is 232 g/mol. The highest BCUT2D eigenvalue weighted by Crippen LogP contribution is 2.22. The van der Waals surface area contributed by atoms with Crippen LogP contribution in [0.2, 0.25) is 0 Å². The average Bonchev–Trinajstić information content (AvgIpc) is 2.39. The number of nitrogens with zero attached hydrogens (tertiary/aromatic N) is 1. The Hall–Kier alpha value is -1.93. The van der Waals surface area contributed by atoms with E-state index in [0.717, 1.165) is 11.1 Å². The molecule has 0 fully saturated rings. The molecule has 0 saturated carbocycles. The molecule has 0 atom stereocenters. The van der Waals surface area contributed by atoms with Crippen LogP contribution < -0.4 is 5.73 Å². The predicted octanol–water partition coefficient (Wildman–Crippen LogP) is 3.84. The summed E-state index contributed by atoms with van der Waals surface area (Å²) >= 11 is 0. The number of rotatable bonds is 3. The van der Waals surface area contributed by atoms with Crippen LogP contribution in [0, 0.1) is 0 Å². The van der Waals surface area contributed by atoms with Crippen LogP contribution in [0.1, 0.15) is 37.5 Å². The van der Waals surface area contributed by atoms with Gasteiger partial charge in [0, 0.05) is 17.9 Å². The van der Waals surface area contributed by atoms with Crippen LogP contribution >= 0.6 is 0 Å². The summed E-state index contributed by atoms with van der Waals surface area (Å²) in [7, 11) is 0. The zero-order valence-electron chi connectivity index (χ0n) is 11.7. The van der Waals surface area contributed by atoms with E-state index in [1.165, 1.54) is 11.1 Å². The molecule has 0 amide bonds. The van der Waals surface area contributed by atoms with Gasteiger partial charge in [0.05, 0.1) is 0 Å². The zero-order valence-corrected chi connectivity index (χ0v) is 11.7. The molecule has 2 aromatic rings. The molecule has 2 N–H and O–H groups in total. The van der Waals surface area contributed by atoms with Gasteiger partial charge in [0.1, 0.15) is 0 Å². The summed E-state index contributed by atoms with van der Waals surface area (Å²) in [6.45, 7) is 6.15. The number of allylic oxidation sites excluding steroid dienone is 1. The second-order valence-electron chi connectivity index (χ2n) is 5.41. The van der Waals surface area contributed by atoms with E-state index in [2.05, 4.69) is 42.2 Å². The molecule has 0 aliphatic rings. The van der Waals surface area contributed by atoms with Crippen LogP contribution in [-0.4, -0.2) is 4.98 Å². The largest absolute Gasteiger partial charge is 0.322 e. The van der Waals surface area contributed by atoms with Crippen molar-refractivity contribution in [1.82, 2.24) is 4.98 Å². The van der Waals surface area contributed by atoms with Gasteiger partial charge in [-0.2, -0.15) is 0 Å². The fourth-order valence-electron chi connectivity index (χ4n) is 1.96. The molecule has 1 heterocycles. The molecule has 2 nitrogen and oxygen atoms in total. The monoisotopic (exact) mass is 252 g/mol. The third-order valence-electron chi connectivity index (χ3n) is 3.17. The Kier molecular flexibility index (Phi) is 3.82. The molecule has 0 spiro atoms. The molecule has 0 aliphatic heterocycles. The zero-order chi connectivity index (χ0) is 13.9. The van der Waals surface area contributed by atoms with Crippen molar-refractivity contribution in [2.75, 3.05) is 0 Å². The van der Waals surface area contributed by atoms with Crippen LogP contribution in [-0.2, 0) is 5.54 Å². The molecule has 0 radical (unpaired) electrons. The van der Waals surface area contributed by atoms with Gasteiger partial charge in [-0.1, -0.05) is 30.3 Å². The van der Waals surface area contributed by atoms with Gasteiger partial charge < -0.3 is 5.73 Å². The minimum atomic E-state index is -0.290. The van der Waals surface area contributed by atoms with Gasteiger partial charge >= 0.3 is 0 Å². The van der Waals surface area contributed by atoms with Crippen LogP contribution in [0.5, 0.6) is 0 Å². The number of nitrogens with two attached hydrogens (primary N) is 1. The van der Waals surface area contributed by atoms with E-state index in [-0.39, 0.29) is 5.54 Å². The second kappa shape index (κ2) is 5.37. The highest BCUT2D eigenvalue weighted by atomic mass is 14.7. The van der Waals surface area contributed by atoms with E-state index < -0.39 is 0 Å². The van der Waals surface area contributed by atoms with Crippen molar-refractivity contribution in [2.45, 2.75) is 26.3 Å². The summed E-state index contributed by atoms with van der Waals surface area (Å²) in [5, 5.41) is 0. The lowest BCUT2D eigenvalue weighted by Gasteiger charge is -2.19. The Morgan fingerprint density at radius 2 is 1.63 bits per heavy atom. The summed E-state index contributed by atoms with van der Waals surface area (Å²) in [6.07, 6.45) is 5.77. The molecule has 19 heavy (non-hydrogen) atoms. The van der Waals surface area contributed by atoms with Crippen molar-refractivity contribution in [3.05, 3.63) is 65.5 Å². The first-order valence-electron chi connectivity index (χ1n) is 6.45. The molecular formula is C17H20N2. The number of benzene rings is 1. The average molecular weight is 252 g/mol. The molecule has 0 bridgehead atoms. The minimum absolute atomic E-state index is 0.290. The first-order chi connectivity index (χ1) is 8.97. The SMILES string of the molecule is C/C(=C\c1ccncc1)c1ccc(C(C)(C)N)cc1. The number of aromatic nitrogens is 1. The van der Waals surface area contributed by atoms with Gasteiger partial charge in [0.15, 0.2) is 0 Å². The van der Waals surface area contributed by atoms with Gasteiger partial charge in [-0.25, -0.2) is 0 Å². The topological polar surface area (TPSA) is 38.9 Å². The predicted molar refractivity (Wildman–Crippen MR) is 81.4 cm³/mol. The van der Waals surface area contributed by atoms with E-state index in [1.54, 1.807) is 12.4 Å². The Morgan fingerprint density at radius 1 is 1.05 bits per heavy atom. The third-order valence-corrected chi connectivity index (χ3v) is 3.17. The maximum absolute atomic E-state index is 6.08. The lowest BCUT2D eigenvalue weighted by molar-refractivity contribution is 0.554. The molecule has 2 heteroatoms. The van der Waals surface area contributed by atoms with E-state index in [9.17, 15) is 0 Å². The Balaban J connectivity index is 2.25. The summed E-state index contributed by atoms with van der Waals surface area (Å²) in [6, 6.07) is 12.4. The Labute approximate surface area is 115 Å². The minimum Gasteiger partial charge on any atom is -0.322 e. The summed E-state index contributed by atoms with van der Waals surface area (Å²) in [5.74, 6) is 0. The highest BCUT2D eigenvalue weighted by Gasteiger charge is 2.13. The third kappa shape index (κ3) is 3.52. The second-order valence-corrected chi connectivity index (χ2v) is 5.41. The van der Waals surface area contributed by atoms with Crippen LogP contribution in [0.3, 0.4) is 0 Å². The molecule has 98 valence electrons. The lowest BCUT2D eigenvalue weighted by Crippen LogP contribution is -2.28. The number of hydrogen-bond donors (Lipinski definition) is 1. The lowest BCUT2D eigenvalue weighted by atomic mass is 9.93. The van der Waals surface area contributed by atoms with E-state index in [1.807, 2.05) is 26.0 Å². The van der Waals surface area contributed by atoms with Gasteiger partial charge in [-0.05, 0) is 55.2 Å². The summed E-state index contributed by atoms with van der Waals surface area (Å²) in [5.41, 5.74) is 10.5. The fourth-order valence-corrected chi connectivity index (χ4v) is 1.96. The first-order valence-corrected chi connectivity index (χ1v) is 6.45. The first kappa shape index (κ1) is 13.5. The van der Waals surface area contributed by atoms with Crippen LogP contribution in [0.25, 0.3) is 11.6 Å². The van der Waals surface area contributed by atoms with Gasteiger partial charge in [0.2, 0.25) is 0 Å².